The van der Waals surface area contributed by atoms with Crippen molar-refractivity contribution in [3.05, 3.63) is 66.2 Å². The number of aryl methyl sites for hydroxylation is 1. The SMILES string of the molecule is Cc1ccccc1Nc1cc(-c2ccccc2)nc(N2CCOCC2)n1. The molecule has 1 aliphatic rings. The van der Waals surface area contributed by atoms with Gasteiger partial charge in [-0.05, 0) is 18.6 Å². The third-order valence-corrected chi connectivity index (χ3v) is 4.49. The van der Waals surface area contributed by atoms with Gasteiger partial charge in [0.05, 0.1) is 18.9 Å². The van der Waals surface area contributed by atoms with Gasteiger partial charge in [-0.3, -0.25) is 0 Å². The van der Waals surface area contributed by atoms with Crippen molar-refractivity contribution < 1.29 is 4.74 Å². The van der Waals surface area contributed by atoms with Gasteiger partial charge in [0, 0.05) is 30.4 Å². The fraction of sp³-hybridized carbons (Fsp3) is 0.238. The summed E-state index contributed by atoms with van der Waals surface area (Å²) in [5.41, 5.74) is 4.23. The van der Waals surface area contributed by atoms with Crippen molar-refractivity contribution >= 4 is 17.5 Å². The Hall–Kier alpha value is -2.92. The number of aromatic nitrogens is 2. The molecule has 0 atom stereocenters. The second-order valence-corrected chi connectivity index (χ2v) is 6.34. The standard InChI is InChI=1S/C21H22N4O/c1-16-7-5-6-10-18(16)22-20-15-19(17-8-3-2-4-9-17)23-21(24-20)25-11-13-26-14-12-25/h2-10,15H,11-14H2,1H3,(H,22,23,24). The summed E-state index contributed by atoms with van der Waals surface area (Å²) >= 11 is 0. The van der Waals surface area contributed by atoms with E-state index in [1.807, 2.05) is 36.4 Å². The van der Waals surface area contributed by atoms with E-state index in [1.54, 1.807) is 0 Å². The molecule has 0 unspecified atom stereocenters. The van der Waals surface area contributed by atoms with Gasteiger partial charge in [0.1, 0.15) is 5.82 Å². The normalized spacial score (nSPS) is 14.3. The highest BCUT2D eigenvalue weighted by Gasteiger charge is 2.16. The first kappa shape index (κ1) is 16.5. The van der Waals surface area contributed by atoms with E-state index in [0.29, 0.717) is 13.2 Å². The van der Waals surface area contributed by atoms with Gasteiger partial charge < -0.3 is 15.0 Å². The van der Waals surface area contributed by atoms with Crippen LogP contribution in [0.15, 0.2) is 60.7 Å². The fourth-order valence-corrected chi connectivity index (χ4v) is 3.01. The predicted octanol–water partition coefficient (Wildman–Crippen LogP) is 4.03. The Morgan fingerprint density at radius 2 is 1.65 bits per heavy atom. The molecule has 0 aliphatic carbocycles. The third kappa shape index (κ3) is 3.68. The zero-order valence-electron chi connectivity index (χ0n) is 14.9. The molecule has 1 aliphatic heterocycles. The molecule has 0 radical (unpaired) electrons. The number of benzene rings is 2. The average molecular weight is 346 g/mol. The summed E-state index contributed by atoms with van der Waals surface area (Å²) in [7, 11) is 0. The summed E-state index contributed by atoms with van der Waals surface area (Å²) in [4.78, 5) is 11.8. The Bertz CT molecular complexity index is 876. The van der Waals surface area contributed by atoms with Crippen LogP contribution in [0.25, 0.3) is 11.3 Å². The minimum Gasteiger partial charge on any atom is -0.378 e. The largest absolute Gasteiger partial charge is 0.378 e. The summed E-state index contributed by atoms with van der Waals surface area (Å²) in [5.74, 6) is 1.54. The first-order chi connectivity index (χ1) is 12.8. The fourth-order valence-electron chi connectivity index (χ4n) is 3.01. The van der Waals surface area contributed by atoms with Crippen LogP contribution in [0.2, 0.25) is 0 Å². The quantitative estimate of drug-likeness (QED) is 0.773. The summed E-state index contributed by atoms with van der Waals surface area (Å²) in [6.45, 7) is 5.12. The number of para-hydroxylation sites is 1. The maximum absolute atomic E-state index is 5.46. The van der Waals surface area contributed by atoms with Crippen LogP contribution in [-0.2, 0) is 4.74 Å². The summed E-state index contributed by atoms with van der Waals surface area (Å²) < 4.78 is 5.46. The predicted molar refractivity (Wildman–Crippen MR) is 105 cm³/mol. The van der Waals surface area contributed by atoms with Crippen LogP contribution in [0.4, 0.5) is 17.5 Å². The van der Waals surface area contributed by atoms with E-state index >= 15 is 0 Å². The molecule has 26 heavy (non-hydrogen) atoms. The van der Waals surface area contributed by atoms with Gasteiger partial charge in [0.2, 0.25) is 5.95 Å². The van der Waals surface area contributed by atoms with Crippen LogP contribution in [0.5, 0.6) is 0 Å². The molecular weight excluding hydrogens is 324 g/mol. The molecule has 5 heteroatoms. The van der Waals surface area contributed by atoms with Crippen molar-refractivity contribution in [1.82, 2.24) is 9.97 Å². The second kappa shape index (κ2) is 7.54. The van der Waals surface area contributed by atoms with Crippen LogP contribution >= 0.6 is 0 Å². The minimum atomic E-state index is 0.708. The Balaban J connectivity index is 1.73. The number of hydrogen-bond donors (Lipinski definition) is 1. The minimum absolute atomic E-state index is 0.708. The second-order valence-electron chi connectivity index (χ2n) is 6.34. The third-order valence-electron chi connectivity index (χ3n) is 4.49. The highest BCUT2D eigenvalue weighted by Crippen LogP contribution is 2.26. The molecule has 2 aromatic carbocycles. The van der Waals surface area contributed by atoms with Crippen molar-refractivity contribution in [3.8, 4) is 11.3 Å². The number of nitrogens with zero attached hydrogens (tertiary/aromatic N) is 3. The Morgan fingerprint density at radius 1 is 0.923 bits per heavy atom. The van der Waals surface area contributed by atoms with E-state index in [1.165, 1.54) is 5.56 Å². The lowest BCUT2D eigenvalue weighted by molar-refractivity contribution is 0.122. The van der Waals surface area contributed by atoms with Gasteiger partial charge in [-0.15, -0.1) is 0 Å². The van der Waals surface area contributed by atoms with Gasteiger partial charge in [-0.1, -0.05) is 48.5 Å². The molecular formula is C21H22N4O. The Labute approximate surface area is 153 Å². The van der Waals surface area contributed by atoms with Crippen LogP contribution in [0.1, 0.15) is 5.56 Å². The summed E-state index contributed by atoms with van der Waals surface area (Å²) in [6, 6.07) is 20.4. The molecule has 3 aromatic rings. The van der Waals surface area contributed by atoms with E-state index in [9.17, 15) is 0 Å². The molecule has 1 saturated heterocycles. The molecule has 132 valence electrons. The van der Waals surface area contributed by atoms with Crippen LogP contribution in [0.3, 0.4) is 0 Å². The van der Waals surface area contributed by atoms with E-state index in [-0.39, 0.29) is 0 Å². The van der Waals surface area contributed by atoms with Crippen LogP contribution in [-0.4, -0.2) is 36.3 Å². The zero-order chi connectivity index (χ0) is 17.8. The molecule has 0 saturated carbocycles. The topological polar surface area (TPSA) is 50.3 Å². The molecule has 5 nitrogen and oxygen atoms in total. The maximum Gasteiger partial charge on any atom is 0.228 e. The molecule has 1 aromatic heterocycles. The van der Waals surface area contributed by atoms with Crippen molar-refractivity contribution in [1.29, 1.82) is 0 Å². The van der Waals surface area contributed by atoms with Gasteiger partial charge >= 0.3 is 0 Å². The van der Waals surface area contributed by atoms with Crippen molar-refractivity contribution in [3.63, 3.8) is 0 Å². The summed E-state index contributed by atoms with van der Waals surface area (Å²) in [6.07, 6.45) is 0. The Kier molecular flexibility index (Phi) is 4.80. The molecule has 4 rings (SSSR count). The number of nitrogens with one attached hydrogen (secondary N) is 1. The number of hydrogen-bond acceptors (Lipinski definition) is 5. The molecule has 0 amide bonds. The Morgan fingerprint density at radius 3 is 2.42 bits per heavy atom. The average Bonchev–Trinajstić information content (AvgIpc) is 2.71. The van der Waals surface area contributed by atoms with Crippen molar-refractivity contribution in [2.45, 2.75) is 6.92 Å². The maximum atomic E-state index is 5.46. The first-order valence-corrected chi connectivity index (χ1v) is 8.89. The van der Waals surface area contributed by atoms with Crippen LogP contribution in [0, 0.1) is 6.92 Å². The summed E-state index contributed by atoms with van der Waals surface area (Å²) in [5, 5.41) is 3.45. The molecule has 0 spiro atoms. The van der Waals surface area contributed by atoms with Gasteiger partial charge in [0.15, 0.2) is 0 Å². The van der Waals surface area contributed by atoms with E-state index in [4.69, 9.17) is 14.7 Å². The number of rotatable bonds is 4. The lowest BCUT2D eigenvalue weighted by Crippen LogP contribution is -2.37. The van der Waals surface area contributed by atoms with Crippen molar-refractivity contribution in [2.75, 3.05) is 36.5 Å². The molecule has 0 bridgehead atoms. The lowest BCUT2D eigenvalue weighted by Gasteiger charge is -2.27. The lowest BCUT2D eigenvalue weighted by atomic mass is 10.1. The number of anilines is 3. The number of ether oxygens (including phenoxy) is 1. The molecule has 2 heterocycles. The van der Waals surface area contributed by atoms with Crippen LogP contribution < -0.4 is 10.2 Å². The zero-order valence-corrected chi connectivity index (χ0v) is 14.9. The highest BCUT2D eigenvalue weighted by atomic mass is 16.5. The van der Waals surface area contributed by atoms with E-state index in [0.717, 1.165) is 41.8 Å². The van der Waals surface area contributed by atoms with Gasteiger partial charge in [0.25, 0.3) is 0 Å². The smallest absolute Gasteiger partial charge is 0.228 e. The van der Waals surface area contributed by atoms with E-state index in [2.05, 4.69) is 41.4 Å². The van der Waals surface area contributed by atoms with Crippen molar-refractivity contribution in [2.24, 2.45) is 0 Å². The number of morpholine rings is 1. The van der Waals surface area contributed by atoms with E-state index < -0.39 is 0 Å². The monoisotopic (exact) mass is 346 g/mol. The van der Waals surface area contributed by atoms with Gasteiger partial charge in [-0.25, -0.2) is 4.98 Å². The van der Waals surface area contributed by atoms with Gasteiger partial charge in [-0.2, -0.15) is 4.98 Å². The first-order valence-electron chi connectivity index (χ1n) is 8.89. The molecule has 1 N–H and O–H groups in total. The molecule has 1 fully saturated rings. The highest BCUT2D eigenvalue weighted by molar-refractivity contribution is 5.68.